The zero-order valence-electron chi connectivity index (χ0n) is 67.7. The van der Waals surface area contributed by atoms with E-state index in [4.69, 9.17) is 0 Å². The highest BCUT2D eigenvalue weighted by Crippen LogP contribution is 2.45. The Morgan fingerprint density at radius 3 is 0.592 bits per heavy atom. The fraction of sp³-hybridized carbons (Fsp3) is 0.102. The Hall–Kier alpha value is -14.2. The van der Waals surface area contributed by atoms with Gasteiger partial charge in [-0.3, -0.25) is 0 Å². The molecule has 2 aliphatic carbocycles. The quantitative estimate of drug-likeness (QED) is 0.0896. The van der Waals surface area contributed by atoms with Crippen molar-refractivity contribution in [1.29, 1.82) is 0 Å². The number of benzene rings is 19. The minimum atomic E-state index is 0.684. The molecular formula is C118H94N2. The highest BCUT2D eigenvalue weighted by molar-refractivity contribution is 6.01. The third-order valence-corrected chi connectivity index (χ3v) is 25.4. The minimum absolute atomic E-state index is 0.684. The van der Waals surface area contributed by atoms with E-state index in [1.54, 1.807) is 0 Å². The van der Waals surface area contributed by atoms with E-state index in [9.17, 15) is 0 Å². The van der Waals surface area contributed by atoms with Crippen molar-refractivity contribution < 1.29 is 0 Å². The van der Waals surface area contributed by atoms with Crippen LogP contribution < -0.4 is 9.80 Å². The summed E-state index contributed by atoms with van der Waals surface area (Å²) in [5.74, 6) is 1.37. The fourth-order valence-electron chi connectivity index (χ4n) is 19.0. The van der Waals surface area contributed by atoms with E-state index in [1.807, 2.05) is 0 Å². The lowest BCUT2D eigenvalue weighted by molar-refractivity contribution is 0.444. The molecule has 0 N–H and O–H groups in total. The normalized spacial score (nSPS) is 13.1. The summed E-state index contributed by atoms with van der Waals surface area (Å²) >= 11 is 0. The van der Waals surface area contributed by atoms with Crippen LogP contribution in [0.25, 0.3) is 143 Å². The molecule has 19 aromatic carbocycles. The van der Waals surface area contributed by atoms with E-state index in [0.29, 0.717) is 11.8 Å². The van der Waals surface area contributed by atoms with Gasteiger partial charge in [-0.2, -0.15) is 0 Å². The van der Waals surface area contributed by atoms with Gasteiger partial charge < -0.3 is 9.80 Å². The standard InChI is InChI=1S/C62H49N.C56H45N/c1-2-11-44(12-3-1)54-17-8-18-55(43-54)49-35-41-58(42-36-49)63(56-37-31-47(32-38-56)45-23-27-52(28-24-45)61-21-9-15-50-13-4-6-19-59(50)61)57-39-33-48(34-40-57)46-25-29-53(30-26-46)62-22-10-16-51-14-5-7-20-60(51)62;1-2-11-40(12-3-1)48-17-8-18-49(39-48)43-29-35-51(36-30-43)57(52-37-31-47(32-38-52)56-22-10-16-45-14-5-7-20-54(45)56)50-33-27-42(28-34-50)41-23-25-46(26-24-41)55-21-9-15-44-13-4-6-19-53(44)55/h4-10,13-44H,1-3,11-12H2;4-10,13-40H,1-3,11-12H2. The van der Waals surface area contributed by atoms with Crippen LogP contribution in [0.1, 0.15) is 87.2 Å². The van der Waals surface area contributed by atoms with Crippen molar-refractivity contribution in [3.63, 3.8) is 0 Å². The molecule has 0 atom stereocenters. The van der Waals surface area contributed by atoms with E-state index < -0.39 is 0 Å². The van der Waals surface area contributed by atoms with E-state index in [0.717, 1.165) is 34.1 Å². The Labute approximate surface area is 706 Å². The van der Waals surface area contributed by atoms with Crippen molar-refractivity contribution in [2.24, 2.45) is 0 Å². The van der Waals surface area contributed by atoms with Gasteiger partial charge in [-0.25, -0.2) is 0 Å². The summed E-state index contributed by atoms with van der Waals surface area (Å²) in [7, 11) is 0. The lowest BCUT2D eigenvalue weighted by Gasteiger charge is -2.26. The van der Waals surface area contributed by atoms with Crippen LogP contribution in [0.5, 0.6) is 0 Å². The van der Waals surface area contributed by atoms with Gasteiger partial charge in [0.1, 0.15) is 0 Å². The Kier molecular flexibility index (Phi) is 21.3. The van der Waals surface area contributed by atoms with Gasteiger partial charge in [0.2, 0.25) is 0 Å². The predicted octanol–water partition coefficient (Wildman–Crippen LogP) is 34.0. The van der Waals surface area contributed by atoms with E-state index in [2.05, 4.69) is 447 Å². The van der Waals surface area contributed by atoms with Crippen LogP contribution in [0.2, 0.25) is 0 Å². The monoisotopic (exact) mass is 1540 g/mol. The molecule has 2 saturated carbocycles. The molecule has 0 bridgehead atoms. The molecule has 2 heteroatoms. The summed E-state index contributed by atoms with van der Waals surface area (Å²) in [5, 5.41) is 10.2. The molecule has 0 saturated heterocycles. The zero-order valence-corrected chi connectivity index (χ0v) is 67.7. The van der Waals surface area contributed by atoms with Crippen molar-refractivity contribution in [1.82, 2.24) is 0 Å². The van der Waals surface area contributed by atoms with E-state index in [-0.39, 0.29) is 0 Å². The molecule has 0 aliphatic heterocycles. The molecule has 0 radical (unpaired) electrons. The first-order valence-corrected chi connectivity index (χ1v) is 43.1. The molecule has 2 nitrogen and oxygen atoms in total. The number of fused-ring (bicyclic) bond motifs is 4. The first kappa shape index (κ1) is 74.6. The van der Waals surface area contributed by atoms with Crippen molar-refractivity contribution in [2.45, 2.75) is 76.0 Å². The lowest BCUT2D eigenvalue weighted by atomic mass is 9.83. The molecule has 2 aliphatic rings. The van der Waals surface area contributed by atoms with Crippen molar-refractivity contribution in [3.8, 4) is 100 Å². The SMILES string of the molecule is c1cc(-c2ccc(N(c3ccc(-c4ccc(-c5cccc6ccccc56)cc4)cc3)c3ccc(-c4ccc(-c5cccc6ccccc56)cc4)cc3)cc2)cc(C2CCCCC2)c1.c1cc(-c2ccc(N(c3ccc(-c4ccc(-c5cccc6ccccc56)cc4)cc3)c3ccc(-c4cccc5ccccc45)cc3)cc2)cc(C2CCCCC2)c1. The summed E-state index contributed by atoms with van der Waals surface area (Å²) in [4.78, 5) is 4.76. The Balaban J connectivity index is 0.000000154. The maximum Gasteiger partial charge on any atom is 0.0462 e. The summed E-state index contributed by atoms with van der Waals surface area (Å²) in [6.45, 7) is 0. The smallest absolute Gasteiger partial charge is 0.0462 e. The number of nitrogens with zero attached hydrogens (tertiary/aromatic N) is 2. The van der Waals surface area contributed by atoms with Gasteiger partial charge in [0.15, 0.2) is 0 Å². The number of rotatable bonds is 17. The average molecular weight is 1540 g/mol. The second kappa shape index (κ2) is 34.2. The third kappa shape index (κ3) is 15.8. The fourth-order valence-corrected chi connectivity index (χ4v) is 19.0. The first-order chi connectivity index (χ1) is 59.5. The third-order valence-electron chi connectivity index (χ3n) is 25.4. The van der Waals surface area contributed by atoms with Gasteiger partial charge in [0.25, 0.3) is 0 Å². The van der Waals surface area contributed by atoms with Crippen LogP contribution in [0, 0.1) is 0 Å². The van der Waals surface area contributed by atoms with E-state index >= 15 is 0 Å². The van der Waals surface area contributed by atoms with Crippen molar-refractivity contribution in [2.75, 3.05) is 9.80 Å². The van der Waals surface area contributed by atoms with Crippen LogP contribution in [0.4, 0.5) is 34.1 Å². The van der Waals surface area contributed by atoms with Crippen LogP contribution in [0.3, 0.4) is 0 Å². The molecule has 19 aromatic rings. The minimum Gasteiger partial charge on any atom is -0.311 e. The summed E-state index contributed by atoms with van der Waals surface area (Å²) in [5.41, 5.74) is 31.9. The van der Waals surface area contributed by atoms with Crippen LogP contribution >= 0.6 is 0 Å². The highest BCUT2D eigenvalue weighted by atomic mass is 15.1. The van der Waals surface area contributed by atoms with Crippen LogP contribution in [-0.4, -0.2) is 0 Å². The largest absolute Gasteiger partial charge is 0.311 e. The topological polar surface area (TPSA) is 6.48 Å². The van der Waals surface area contributed by atoms with Gasteiger partial charge in [-0.1, -0.05) is 403 Å². The molecular weight excluding hydrogens is 1450 g/mol. The molecule has 0 aromatic heterocycles. The summed E-state index contributed by atoms with van der Waals surface area (Å²) < 4.78 is 0. The molecule has 576 valence electrons. The van der Waals surface area contributed by atoms with Gasteiger partial charge >= 0.3 is 0 Å². The Morgan fingerprint density at radius 2 is 0.342 bits per heavy atom. The highest BCUT2D eigenvalue weighted by Gasteiger charge is 2.22. The molecule has 2 fully saturated rings. The van der Waals surface area contributed by atoms with Gasteiger partial charge in [-0.05, 0) is 265 Å². The predicted molar refractivity (Wildman–Crippen MR) is 513 cm³/mol. The second-order valence-corrected chi connectivity index (χ2v) is 32.7. The molecule has 21 rings (SSSR count). The zero-order chi connectivity index (χ0) is 79.9. The van der Waals surface area contributed by atoms with Crippen LogP contribution in [0.15, 0.2) is 437 Å². The number of hydrogen-bond acceptors (Lipinski definition) is 2. The number of anilines is 6. The summed E-state index contributed by atoms with van der Waals surface area (Å²) in [6, 6.07) is 161. The second-order valence-electron chi connectivity index (χ2n) is 32.7. The van der Waals surface area contributed by atoms with Crippen molar-refractivity contribution in [3.05, 3.63) is 448 Å². The van der Waals surface area contributed by atoms with Crippen LogP contribution in [-0.2, 0) is 0 Å². The molecule has 0 spiro atoms. The molecule has 0 unspecified atom stereocenters. The Morgan fingerprint density at radius 1 is 0.150 bits per heavy atom. The Bertz CT molecular complexity index is 6590. The van der Waals surface area contributed by atoms with Gasteiger partial charge in [0, 0.05) is 34.1 Å². The molecule has 0 amide bonds. The molecule has 0 heterocycles. The van der Waals surface area contributed by atoms with E-state index in [1.165, 1.54) is 219 Å². The first-order valence-electron chi connectivity index (χ1n) is 43.1. The van der Waals surface area contributed by atoms with Crippen molar-refractivity contribution >= 4 is 77.2 Å². The molecule has 120 heavy (non-hydrogen) atoms. The lowest BCUT2D eigenvalue weighted by Crippen LogP contribution is -2.09. The maximum atomic E-state index is 2.43. The number of hydrogen-bond donors (Lipinski definition) is 0. The average Bonchev–Trinajstić information content (AvgIpc) is 0.804. The van der Waals surface area contributed by atoms with Gasteiger partial charge in [-0.15, -0.1) is 0 Å². The van der Waals surface area contributed by atoms with Gasteiger partial charge in [0.05, 0.1) is 0 Å². The maximum absolute atomic E-state index is 2.43. The summed E-state index contributed by atoms with van der Waals surface area (Å²) in [6.07, 6.45) is 13.4.